The van der Waals surface area contributed by atoms with E-state index >= 15 is 0 Å². The van der Waals surface area contributed by atoms with Gasteiger partial charge in [0.1, 0.15) is 5.75 Å². The Morgan fingerprint density at radius 1 is 1.25 bits per heavy atom. The smallest absolute Gasteiger partial charge is 0.250 e. The molecule has 1 N–H and O–H groups in total. The van der Waals surface area contributed by atoms with Gasteiger partial charge in [-0.25, -0.2) is 0 Å². The number of halogens is 1. The third-order valence-corrected chi connectivity index (χ3v) is 3.68. The van der Waals surface area contributed by atoms with E-state index in [0.29, 0.717) is 0 Å². The summed E-state index contributed by atoms with van der Waals surface area (Å²) >= 11 is 3.45. The van der Waals surface area contributed by atoms with E-state index in [2.05, 4.69) is 21.2 Å². The lowest BCUT2D eigenvalue weighted by molar-refractivity contribution is -0.116. The largest absolute Gasteiger partial charge is 0.497 e. The molecular formula is C15H13BrN2O2. The van der Waals surface area contributed by atoms with Crippen LogP contribution < -0.4 is 15.0 Å². The zero-order chi connectivity index (χ0) is 14.1. The highest BCUT2D eigenvalue weighted by Crippen LogP contribution is 2.37. The lowest BCUT2D eigenvalue weighted by Crippen LogP contribution is -2.36. The second kappa shape index (κ2) is 5.17. The van der Waals surface area contributed by atoms with Crippen LogP contribution in [-0.4, -0.2) is 19.6 Å². The number of hydrogen-bond acceptors (Lipinski definition) is 3. The van der Waals surface area contributed by atoms with E-state index in [1.54, 1.807) is 12.0 Å². The van der Waals surface area contributed by atoms with Crippen LogP contribution in [0.5, 0.6) is 5.75 Å². The van der Waals surface area contributed by atoms with Gasteiger partial charge in [-0.15, -0.1) is 0 Å². The molecule has 1 aliphatic heterocycles. The number of carbonyl (C=O) groups is 1. The highest BCUT2D eigenvalue weighted by Gasteiger charge is 2.25. The van der Waals surface area contributed by atoms with E-state index in [9.17, 15) is 4.79 Å². The first-order valence-corrected chi connectivity index (χ1v) is 6.99. The number of nitrogens with one attached hydrogen (secondary N) is 1. The fourth-order valence-corrected chi connectivity index (χ4v) is 2.61. The van der Waals surface area contributed by atoms with Crippen LogP contribution in [0.3, 0.4) is 0 Å². The third-order valence-electron chi connectivity index (χ3n) is 3.19. The van der Waals surface area contributed by atoms with Crippen molar-refractivity contribution in [2.75, 3.05) is 23.9 Å². The minimum Gasteiger partial charge on any atom is -0.497 e. The summed E-state index contributed by atoms with van der Waals surface area (Å²) in [6.45, 7) is 0.284. The average Bonchev–Trinajstić information content (AvgIpc) is 2.47. The Morgan fingerprint density at radius 2 is 2.10 bits per heavy atom. The minimum atomic E-state index is 0.00357. The van der Waals surface area contributed by atoms with Crippen molar-refractivity contribution in [2.45, 2.75) is 0 Å². The van der Waals surface area contributed by atoms with Crippen LogP contribution >= 0.6 is 15.9 Å². The Bertz CT molecular complexity index is 673. The van der Waals surface area contributed by atoms with Crippen LogP contribution in [0.25, 0.3) is 0 Å². The van der Waals surface area contributed by atoms with E-state index in [1.165, 1.54) is 0 Å². The number of amides is 1. The summed E-state index contributed by atoms with van der Waals surface area (Å²) < 4.78 is 6.16. The second-order valence-corrected chi connectivity index (χ2v) is 5.36. The summed E-state index contributed by atoms with van der Waals surface area (Å²) in [6.07, 6.45) is 0. The maximum absolute atomic E-state index is 12.3. The van der Waals surface area contributed by atoms with Crippen molar-refractivity contribution < 1.29 is 9.53 Å². The molecule has 4 nitrogen and oxygen atoms in total. The number of nitrogens with zero attached hydrogens (tertiary/aromatic N) is 1. The predicted octanol–water partition coefficient (Wildman–Crippen LogP) is 3.55. The van der Waals surface area contributed by atoms with Crippen LogP contribution in [0.1, 0.15) is 0 Å². The number of ether oxygens (including phenoxy) is 1. The predicted molar refractivity (Wildman–Crippen MR) is 82.8 cm³/mol. The SMILES string of the molecule is COc1cccc(N2C(=O)CNc3ccc(Br)cc32)c1. The Hall–Kier alpha value is -2.01. The van der Waals surface area contributed by atoms with Crippen LogP contribution in [0.15, 0.2) is 46.9 Å². The molecule has 5 heteroatoms. The van der Waals surface area contributed by atoms with E-state index < -0.39 is 0 Å². The molecule has 0 spiro atoms. The average molecular weight is 333 g/mol. The highest BCUT2D eigenvalue weighted by molar-refractivity contribution is 9.10. The summed E-state index contributed by atoms with van der Waals surface area (Å²) in [5.74, 6) is 0.731. The molecule has 0 bridgehead atoms. The number of anilines is 3. The van der Waals surface area contributed by atoms with Crippen molar-refractivity contribution in [3.8, 4) is 5.75 Å². The Kier molecular flexibility index (Phi) is 3.36. The van der Waals surface area contributed by atoms with Gasteiger partial charge in [-0.1, -0.05) is 22.0 Å². The second-order valence-electron chi connectivity index (χ2n) is 4.45. The third kappa shape index (κ3) is 2.25. The number of methoxy groups -OCH3 is 1. The number of rotatable bonds is 2. The van der Waals surface area contributed by atoms with Crippen molar-refractivity contribution >= 4 is 38.9 Å². The monoisotopic (exact) mass is 332 g/mol. The summed E-state index contributed by atoms with van der Waals surface area (Å²) in [5, 5.41) is 3.12. The van der Waals surface area contributed by atoms with Crippen LogP contribution in [0, 0.1) is 0 Å². The van der Waals surface area contributed by atoms with E-state index in [4.69, 9.17) is 4.74 Å². The molecule has 0 radical (unpaired) electrons. The van der Waals surface area contributed by atoms with Crippen LogP contribution in [0.2, 0.25) is 0 Å². The molecule has 1 amide bonds. The fourth-order valence-electron chi connectivity index (χ4n) is 2.26. The van der Waals surface area contributed by atoms with Crippen molar-refractivity contribution in [3.05, 3.63) is 46.9 Å². The van der Waals surface area contributed by atoms with Gasteiger partial charge in [0.05, 0.1) is 30.7 Å². The lowest BCUT2D eigenvalue weighted by Gasteiger charge is -2.30. The minimum absolute atomic E-state index is 0.00357. The van der Waals surface area contributed by atoms with Gasteiger partial charge in [0.15, 0.2) is 0 Å². The van der Waals surface area contributed by atoms with Gasteiger partial charge in [-0.3, -0.25) is 9.69 Å². The summed E-state index contributed by atoms with van der Waals surface area (Å²) in [7, 11) is 1.61. The number of carbonyl (C=O) groups excluding carboxylic acids is 1. The molecule has 1 heterocycles. The molecule has 2 aromatic rings. The topological polar surface area (TPSA) is 41.6 Å². The van der Waals surface area contributed by atoms with E-state index in [1.807, 2.05) is 42.5 Å². The van der Waals surface area contributed by atoms with Crippen molar-refractivity contribution in [2.24, 2.45) is 0 Å². The van der Waals surface area contributed by atoms with Gasteiger partial charge in [0.2, 0.25) is 0 Å². The maximum atomic E-state index is 12.3. The molecule has 3 rings (SSSR count). The maximum Gasteiger partial charge on any atom is 0.250 e. The van der Waals surface area contributed by atoms with Gasteiger partial charge < -0.3 is 10.1 Å². The zero-order valence-electron chi connectivity index (χ0n) is 10.9. The Morgan fingerprint density at radius 3 is 2.90 bits per heavy atom. The zero-order valence-corrected chi connectivity index (χ0v) is 12.5. The quantitative estimate of drug-likeness (QED) is 0.914. The normalized spacial score (nSPS) is 13.7. The molecule has 0 aromatic heterocycles. The van der Waals surface area contributed by atoms with Crippen molar-refractivity contribution in [3.63, 3.8) is 0 Å². The number of fused-ring (bicyclic) bond motifs is 1. The van der Waals surface area contributed by atoms with Gasteiger partial charge in [0.25, 0.3) is 5.91 Å². The van der Waals surface area contributed by atoms with Crippen LogP contribution in [-0.2, 0) is 4.79 Å². The van der Waals surface area contributed by atoms with Gasteiger partial charge >= 0.3 is 0 Å². The first kappa shape index (κ1) is 13.0. The Labute approximate surface area is 125 Å². The summed E-state index contributed by atoms with van der Waals surface area (Å²) in [5.41, 5.74) is 2.58. The molecule has 20 heavy (non-hydrogen) atoms. The highest BCUT2D eigenvalue weighted by atomic mass is 79.9. The van der Waals surface area contributed by atoms with Gasteiger partial charge in [-0.05, 0) is 30.3 Å². The summed E-state index contributed by atoms with van der Waals surface area (Å²) in [6, 6.07) is 13.3. The molecule has 102 valence electrons. The number of benzene rings is 2. The summed E-state index contributed by atoms with van der Waals surface area (Å²) in [4.78, 5) is 14.0. The lowest BCUT2D eigenvalue weighted by atomic mass is 10.1. The van der Waals surface area contributed by atoms with Crippen molar-refractivity contribution in [1.82, 2.24) is 0 Å². The van der Waals surface area contributed by atoms with E-state index in [-0.39, 0.29) is 12.5 Å². The Balaban J connectivity index is 2.12. The molecular weight excluding hydrogens is 320 g/mol. The molecule has 0 unspecified atom stereocenters. The fraction of sp³-hybridized carbons (Fsp3) is 0.133. The molecule has 0 fully saturated rings. The van der Waals surface area contributed by atoms with Crippen molar-refractivity contribution in [1.29, 1.82) is 0 Å². The molecule has 0 aliphatic carbocycles. The molecule has 1 aliphatic rings. The van der Waals surface area contributed by atoms with Gasteiger partial charge in [0, 0.05) is 10.5 Å². The van der Waals surface area contributed by atoms with Crippen LogP contribution in [0.4, 0.5) is 17.1 Å². The van der Waals surface area contributed by atoms with E-state index in [0.717, 1.165) is 27.3 Å². The molecule has 0 atom stereocenters. The number of hydrogen-bond donors (Lipinski definition) is 1. The first-order valence-electron chi connectivity index (χ1n) is 6.19. The molecule has 0 saturated heterocycles. The standard InChI is InChI=1S/C15H13BrN2O2/c1-20-12-4-2-3-11(8-12)18-14-7-10(16)5-6-13(14)17-9-15(18)19/h2-8,17H,9H2,1H3. The van der Waals surface area contributed by atoms with Gasteiger partial charge in [-0.2, -0.15) is 0 Å². The molecule has 0 saturated carbocycles. The first-order chi connectivity index (χ1) is 9.69. The molecule has 2 aromatic carbocycles.